The molecule has 0 aromatic carbocycles. The van der Waals surface area contributed by atoms with Crippen molar-refractivity contribution in [3.05, 3.63) is 12.2 Å². The van der Waals surface area contributed by atoms with E-state index in [2.05, 4.69) is 27.7 Å². The van der Waals surface area contributed by atoms with Gasteiger partial charge in [-0.2, -0.15) is 0 Å². The van der Waals surface area contributed by atoms with E-state index in [-0.39, 0.29) is 102 Å². The summed E-state index contributed by atoms with van der Waals surface area (Å²) in [6.07, 6.45) is 25.2. The van der Waals surface area contributed by atoms with Crippen molar-refractivity contribution in [1.82, 2.24) is 4.90 Å². The van der Waals surface area contributed by atoms with Crippen molar-refractivity contribution in [3.63, 3.8) is 0 Å². The highest BCUT2D eigenvalue weighted by Gasteiger charge is 2.32. The third-order valence-corrected chi connectivity index (χ3v) is 12.3. The lowest BCUT2D eigenvalue weighted by Crippen LogP contribution is -2.44. The highest BCUT2D eigenvalue weighted by atomic mass is 16.6. The van der Waals surface area contributed by atoms with Crippen LogP contribution in [-0.4, -0.2) is 104 Å². The van der Waals surface area contributed by atoms with Crippen molar-refractivity contribution in [2.45, 2.75) is 259 Å². The smallest absolute Gasteiger partial charge is 0.410 e. The van der Waals surface area contributed by atoms with E-state index < -0.39 is 47.7 Å². The zero-order valence-electron chi connectivity index (χ0n) is 46.1. The number of carbonyl (C=O) groups is 7. The van der Waals surface area contributed by atoms with E-state index in [1.807, 2.05) is 0 Å². The fraction of sp³-hybridized carbons (Fsp3) is 0.842. The number of esters is 6. The first kappa shape index (κ1) is 65.8. The lowest BCUT2D eigenvalue weighted by molar-refractivity contribution is -0.157. The van der Waals surface area contributed by atoms with Crippen LogP contribution in [0.15, 0.2) is 12.2 Å². The molecule has 0 bridgehead atoms. The molecule has 1 amide bonds. The topological polar surface area (TPSA) is 187 Å². The minimum absolute atomic E-state index is 0.123. The summed E-state index contributed by atoms with van der Waals surface area (Å²) >= 11 is 0. The van der Waals surface area contributed by atoms with Crippen molar-refractivity contribution < 1.29 is 66.7 Å². The second-order valence-corrected chi connectivity index (χ2v) is 20.8. The molecular formula is C57H99NO14. The monoisotopic (exact) mass is 1020 g/mol. The fourth-order valence-electron chi connectivity index (χ4n) is 8.07. The number of nitrogens with zero attached hydrogens (tertiary/aromatic N) is 1. The summed E-state index contributed by atoms with van der Waals surface area (Å²) in [7, 11) is 0. The van der Waals surface area contributed by atoms with E-state index in [1.54, 1.807) is 32.9 Å². The Morgan fingerprint density at radius 3 is 0.944 bits per heavy atom. The second-order valence-electron chi connectivity index (χ2n) is 20.8. The molecule has 0 fully saturated rings. The van der Waals surface area contributed by atoms with E-state index >= 15 is 0 Å². The zero-order valence-corrected chi connectivity index (χ0v) is 46.1. The van der Waals surface area contributed by atoms with E-state index in [0.717, 1.165) is 128 Å². The predicted octanol–water partition coefficient (Wildman–Crippen LogP) is 12.8. The molecular weight excluding hydrogens is 923 g/mol. The summed E-state index contributed by atoms with van der Waals surface area (Å²) in [5.74, 6) is -4.25. The van der Waals surface area contributed by atoms with E-state index in [1.165, 1.54) is 4.90 Å². The molecule has 0 N–H and O–H groups in total. The van der Waals surface area contributed by atoms with Gasteiger partial charge in [-0.1, -0.05) is 156 Å². The standard InChI is InChI=1S/C57H99NO14/c1-8-12-16-20-24-28-32-50(59)66-42-46(43-67-51(60)33-29-25-21-17-13-9-2)38-54(63)70-48-36-37-49(41-58(40-48)56(65)72-57(5,6)7)71-55(64)39-47(44-68-52(61)34-30-26-22-18-14-10-3)45-69-53(62)35-31-27-23-19-15-11-4/h36-37,46-49H,8-35,38-45H2,1-7H3/t48-,49+. The van der Waals surface area contributed by atoms with Gasteiger partial charge in [0.2, 0.25) is 0 Å². The number of amides is 1. The van der Waals surface area contributed by atoms with Gasteiger partial charge in [0.25, 0.3) is 0 Å². The molecule has 2 atom stereocenters. The summed E-state index contributed by atoms with van der Waals surface area (Å²) in [6.45, 7) is 12.9. The molecule has 0 aromatic rings. The molecule has 0 radical (unpaired) electrons. The maximum Gasteiger partial charge on any atom is 0.410 e. The molecule has 0 spiro atoms. The van der Waals surface area contributed by atoms with Crippen LogP contribution in [0.5, 0.6) is 0 Å². The summed E-state index contributed by atoms with van der Waals surface area (Å²) in [5.41, 5.74) is -0.868. The number of carbonyl (C=O) groups excluding carboxylic acids is 7. The highest BCUT2D eigenvalue weighted by Crippen LogP contribution is 2.20. The van der Waals surface area contributed by atoms with Gasteiger partial charge in [-0.05, 0) is 58.6 Å². The second kappa shape index (κ2) is 42.2. The van der Waals surface area contributed by atoms with Gasteiger partial charge in [-0.3, -0.25) is 28.8 Å². The van der Waals surface area contributed by atoms with Crippen LogP contribution in [0.3, 0.4) is 0 Å². The van der Waals surface area contributed by atoms with Gasteiger partial charge in [0.05, 0.1) is 52.4 Å². The van der Waals surface area contributed by atoms with Crippen LogP contribution in [0.4, 0.5) is 4.79 Å². The van der Waals surface area contributed by atoms with Crippen molar-refractivity contribution in [2.24, 2.45) is 11.8 Å². The molecule has 1 rings (SSSR count). The normalized spacial score (nSPS) is 14.7. The first-order valence-corrected chi connectivity index (χ1v) is 28.3. The van der Waals surface area contributed by atoms with Gasteiger partial charge in [0.1, 0.15) is 17.8 Å². The Hall–Kier alpha value is -4.17. The first-order valence-electron chi connectivity index (χ1n) is 28.3. The largest absolute Gasteiger partial charge is 0.465 e. The van der Waals surface area contributed by atoms with Crippen LogP contribution in [0, 0.1) is 11.8 Å². The molecule has 0 unspecified atom stereocenters. The van der Waals surface area contributed by atoms with Crippen LogP contribution in [0.25, 0.3) is 0 Å². The minimum atomic E-state index is -0.982. The Bertz CT molecular complexity index is 1370. The van der Waals surface area contributed by atoms with Crippen LogP contribution in [0.2, 0.25) is 0 Å². The van der Waals surface area contributed by atoms with E-state index in [4.69, 9.17) is 33.2 Å². The Morgan fingerprint density at radius 2 is 0.681 bits per heavy atom. The SMILES string of the molecule is CCCCCCCCC(=O)OCC(COC(=O)CCCCCCCC)CC(=O)O[C@@H]1C=C[C@H](OC(=O)CC(COC(=O)CCCCCCCC)COC(=O)CCCCCCCC)CN(C(=O)OC(C)(C)C)C1. The van der Waals surface area contributed by atoms with Crippen LogP contribution < -0.4 is 0 Å². The van der Waals surface area contributed by atoms with Crippen molar-refractivity contribution >= 4 is 41.9 Å². The van der Waals surface area contributed by atoms with Gasteiger partial charge < -0.3 is 38.1 Å². The Kier molecular flexibility index (Phi) is 38.6. The summed E-state index contributed by atoms with van der Waals surface area (Å²) in [4.78, 5) is 92.9. The third kappa shape index (κ3) is 37.6. The molecule has 15 heteroatoms. The van der Waals surface area contributed by atoms with Crippen molar-refractivity contribution in [3.8, 4) is 0 Å². The van der Waals surface area contributed by atoms with Crippen LogP contribution in [-0.2, 0) is 61.9 Å². The molecule has 0 aliphatic carbocycles. The number of hydrogen-bond donors (Lipinski definition) is 0. The summed E-state index contributed by atoms with van der Waals surface area (Å²) in [5, 5.41) is 0. The lowest BCUT2D eigenvalue weighted by Gasteiger charge is -2.29. The quantitative estimate of drug-likeness (QED) is 0.0243. The van der Waals surface area contributed by atoms with Crippen molar-refractivity contribution in [1.29, 1.82) is 0 Å². The maximum absolute atomic E-state index is 13.6. The number of hydrogen-bond acceptors (Lipinski definition) is 14. The van der Waals surface area contributed by atoms with Gasteiger partial charge in [-0.25, -0.2) is 4.79 Å². The van der Waals surface area contributed by atoms with E-state index in [9.17, 15) is 33.6 Å². The molecule has 1 aliphatic rings. The Labute approximate surface area is 434 Å². The minimum Gasteiger partial charge on any atom is -0.465 e. The predicted molar refractivity (Wildman–Crippen MR) is 279 cm³/mol. The Morgan fingerprint density at radius 1 is 0.417 bits per heavy atom. The molecule has 1 heterocycles. The Balaban J connectivity index is 3.11. The van der Waals surface area contributed by atoms with E-state index in [0.29, 0.717) is 25.7 Å². The van der Waals surface area contributed by atoms with Crippen molar-refractivity contribution in [2.75, 3.05) is 39.5 Å². The average Bonchev–Trinajstić information content (AvgIpc) is 3.53. The molecule has 416 valence electrons. The summed E-state index contributed by atoms with van der Waals surface area (Å²) in [6, 6.07) is 0. The van der Waals surface area contributed by atoms with Gasteiger partial charge >= 0.3 is 41.9 Å². The average molecular weight is 1020 g/mol. The molecule has 0 saturated carbocycles. The number of rotatable bonds is 42. The third-order valence-electron chi connectivity index (χ3n) is 12.3. The molecule has 1 aliphatic heterocycles. The zero-order chi connectivity index (χ0) is 53.2. The fourth-order valence-corrected chi connectivity index (χ4v) is 8.07. The van der Waals surface area contributed by atoms with Crippen LogP contribution in [0.1, 0.15) is 241 Å². The molecule has 0 aromatic heterocycles. The first-order chi connectivity index (χ1) is 34.6. The lowest BCUT2D eigenvalue weighted by atomic mass is 10.1. The number of unbranched alkanes of at least 4 members (excludes halogenated alkanes) is 20. The van der Waals surface area contributed by atoms with Crippen LogP contribution >= 0.6 is 0 Å². The highest BCUT2D eigenvalue weighted by molar-refractivity contribution is 5.73. The number of ether oxygens (including phenoxy) is 7. The molecule has 15 nitrogen and oxygen atoms in total. The van der Waals surface area contributed by atoms with Gasteiger partial charge in [0, 0.05) is 37.5 Å². The maximum atomic E-state index is 13.6. The molecule has 72 heavy (non-hydrogen) atoms. The van der Waals surface area contributed by atoms with Gasteiger partial charge in [-0.15, -0.1) is 0 Å². The van der Waals surface area contributed by atoms with Gasteiger partial charge in [0.15, 0.2) is 0 Å². The molecule has 0 saturated heterocycles. The summed E-state index contributed by atoms with van der Waals surface area (Å²) < 4.78 is 39.8.